The van der Waals surface area contributed by atoms with Gasteiger partial charge in [0.1, 0.15) is 5.75 Å². The number of nitrogens with one attached hydrogen (secondary N) is 2. The number of anilines is 1. The molecule has 0 fully saturated rings. The Balaban J connectivity index is 2.15. The number of methoxy groups -OCH3 is 2. The molecule has 0 heterocycles. The van der Waals surface area contributed by atoms with Gasteiger partial charge in [0.2, 0.25) is 0 Å². The zero-order valence-corrected chi connectivity index (χ0v) is 13.7. The summed E-state index contributed by atoms with van der Waals surface area (Å²) in [5.74, 6) is 0.501. The van der Waals surface area contributed by atoms with Crippen LogP contribution in [0.15, 0.2) is 48.5 Å². The number of urea groups is 1. The van der Waals surface area contributed by atoms with E-state index < -0.39 is 0 Å². The minimum atomic E-state index is -0.387. The van der Waals surface area contributed by atoms with Crippen LogP contribution in [0.4, 0.5) is 10.5 Å². The maximum Gasteiger partial charge on any atom is 0.319 e. The van der Waals surface area contributed by atoms with E-state index >= 15 is 0 Å². The summed E-state index contributed by atoms with van der Waals surface area (Å²) in [7, 11) is 3.13. The third-order valence-electron chi connectivity index (χ3n) is 3.36. The van der Waals surface area contributed by atoms with Gasteiger partial charge in [-0.3, -0.25) is 4.79 Å². The van der Waals surface area contributed by atoms with E-state index in [0.717, 1.165) is 0 Å². The smallest absolute Gasteiger partial charge is 0.319 e. The summed E-state index contributed by atoms with van der Waals surface area (Å²) >= 11 is 0. The van der Waals surface area contributed by atoms with Crippen molar-refractivity contribution in [2.75, 3.05) is 32.7 Å². The van der Waals surface area contributed by atoms with Gasteiger partial charge < -0.3 is 20.1 Å². The van der Waals surface area contributed by atoms with Crippen molar-refractivity contribution in [3.05, 3.63) is 59.7 Å². The molecule has 0 saturated heterocycles. The van der Waals surface area contributed by atoms with Crippen LogP contribution >= 0.6 is 0 Å². The van der Waals surface area contributed by atoms with Gasteiger partial charge in [-0.2, -0.15) is 0 Å². The molecule has 0 saturated carbocycles. The van der Waals surface area contributed by atoms with E-state index in [0.29, 0.717) is 35.7 Å². The molecule has 0 unspecified atom stereocenters. The molecular weight excluding hydrogens is 308 g/mol. The number of para-hydroxylation sites is 1. The van der Waals surface area contributed by atoms with Crippen molar-refractivity contribution in [3.63, 3.8) is 0 Å². The van der Waals surface area contributed by atoms with Crippen LogP contribution in [-0.2, 0) is 4.74 Å². The van der Waals surface area contributed by atoms with E-state index in [9.17, 15) is 9.59 Å². The van der Waals surface area contributed by atoms with Crippen LogP contribution in [0.1, 0.15) is 15.9 Å². The fraction of sp³-hybridized carbons (Fsp3) is 0.222. The molecular formula is C18H20N2O4. The first-order valence-corrected chi connectivity index (χ1v) is 7.47. The highest BCUT2D eigenvalue weighted by atomic mass is 16.5. The first-order chi connectivity index (χ1) is 11.7. The first-order valence-electron chi connectivity index (χ1n) is 7.47. The van der Waals surface area contributed by atoms with Gasteiger partial charge >= 0.3 is 6.03 Å². The van der Waals surface area contributed by atoms with Gasteiger partial charge in [0.15, 0.2) is 5.78 Å². The summed E-state index contributed by atoms with van der Waals surface area (Å²) in [6.07, 6.45) is 0. The molecule has 0 aliphatic rings. The van der Waals surface area contributed by atoms with Crippen LogP contribution in [0.2, 0.25) is 0 Å². The van der Waals surface area contributed by atoms with Crippen LogP contribution in [0.25, 0.3) is 0 Å². The fourth-order valence-corrected chi connectivity index (χ4v) is 2.12. The predicted molar refractivity (Wildman–Crippen MR) is 91.8 cm³/mol. The molecule has 2 aromatic carbocycles. The summed E-state index contributed by atoms with van der Waals surface area (Å²) in [6, 6.07) is 13.3. The lowest BCUT2D eigenvalue weighted by Gasteiger charge is -2.11. The van der Waals surface area contributed by atoms with Crippen LogP contribution < -0.4 is 15.4 Å². The molecule has 0 bridgehead atoms. The molecule has 0 aliphatic carbocycles. The highest BCUT2D eigenvalue weighted by Gasteiger charge is 2.15. The lowest BCUT2D eigenvalue weighted by atomic mass is 10.0. The number of carbonyl (C=O) groups is 2. The molecule has 2 N–H and O–H groups in total. The number of ether oxygens (including phenoxy) is 2. The lowest BCUT2D eigenvalue weighted by molar-refractivity contribution is 0.103. The normalized spacial score (nSPS) is 10.1. The van der Waals surface area contributed by atoms with Gasteiger partial charge in [-0.25, -0.2) is 4.79 Å². The second-order valence-electron chi connectivity index (χ2n) is 4.98. The number of carbonyl (C=O) groups excluding carboxylic acids is 2. The van der Waals surface area contributed by atoms with E-state index in [4.69, 9.17) is 9.47 Å². The number of ketones is 1. The number of benzene rings is 2. The zero-order chi connectivity index (χ0) is 17.4. The van der Waals surface area contributed by atoms with Gasteiger partial charge in [-0.15, -0.1) is 0 Å². The van der Waals surface area contributed by atoms with Crippen molar-refractivity contribution in [1.82, 2.24) is 5.32 Å². The summed E-state index contributed by atoms with van der Waals surface area (Å²) in [5.41, 5.74) is 1.39. The van der Waals surface area contributed by atoms with Gasteiger partial charge in [0.05, 0.1) is 19.4 Å². The molecule has 0 spiro atoms. The summed E-state index contributed by atoms with van der Waals surface area (Å²) < 4.78 is 9.97. The Bertz CT molecular complexity index is 698. The molecule has 2 aromatic rings. The van der Waals surface area contributed by atoms with Gasteiger partial charge in [0, 0.05) is 24.8 Å². The van der Waals surface area contributed by atoms with Crippen LogP contribution in [0.3, 0.4) is 0 Å². The summed E-state index contributed by atoms with van der Waals surface area (Å²) in [5, 5.41) is 5.34. The molecule has 126 valence electrons. The molecule has 0 aliphatic heterocycles. The van der Waals surface area contributed by atoms with Crippen molar-refractivity contribution in [2.45, 2.75) is 0 Å². The van der Waals surface area contributed by atoms with Gasteiger partial charge in [-0.1, -0.05) is 12.1 Å². The predicted octanol–water partition coefficient (Wildman–Crippen LogP) is 2.69. The maximum atomic E-state index is 12.7. The van der Waals surface area contributed by atoms with E-state index in [1.807, 2.05) is 0 Å². The number of amides is 2. The Morgan fingerprint density at radius 1 is 1.00 bits per heavy atom. The highest BCUT2D eigenvalue weighted by Crippen LogP contribution is 2.21. The quantitative estimate of drug-likeness (QED) is 0.605. The Morgan fingerprint density at radius 3 is 2.38 bits per heavy atom. The lowest BCUT2D eigenvalue weighted by Crippen LogP contribution is -2.31. The molecule has 2 rings (SSSR count). The molecule has 0 aromatic heterocycles. The van der Waals surface area contributed by atoms with E-state index in [-0.39, 0.29) is 11.8 Å². The second kappa shape index (κ2) is 8.69. The van der Waals surface area contributed by atoms with Crippen molar-refractivity contribution < 1.29 is 19.1 Å². The average Bonchev–Trinajstić information content (AvgIpc) is 2.62. The molecule has 24 heavy (non-hydrogen) atoms. The third-order valence-corrected chi connectivity index (χ3v) is 3.36. The largest absolute Gasteiger partial charge is 0.497 e. The standard InChI is InChI=1S/C18H20N2O4/c1-23-12-11-19-18(22)20-16-6-4-3-5-15(16)17(21)13-7-9-14(24-2)10-8-13/h3-10H,11-12H2,1-2H3,(H2,19,20,22). The molecule has 2 amide bonds. The Morgan fingerprint density at radius 2 is 1.71 bits per heavy atom. The Hall–Kier alpha value is -2.86. The molecule has 0 radical (unpaired) electrons. The first kappa shape index (κ1) is 17.5. The monoisotopic (exact) mass is 328 g/mol. The highest BCUT2D eigenvalue weighted by molar-refractivity contribution is 6.13. The number of rotatable bonds is 7. The van der Waals surface area contributed by atoms with Crippen LogP contribution in [-0.4, -0.2) is 39.2 Å². The Labute approximate surface area is 140 Å². The third kappa shape index (κ3) is 4.57. The number of hydrogen-bond donors (Lipinski definition) is 2. The summed E-state index contributed by atoms with van der Waals surface area (Å²) in [4.78, 5) is 24.6. The molecule has 6 nitrogen and oxygen atoms in total. The van der Waals surface area contributed by atoms with E-state index in [1.54, 1.807) is 62.8 Å². The van der Waals surface area contributed by atoms with Crippen LogP contribution in [0, 0.1) is 0 Å². The van der Waals surface area contributed by atoms with Crippen molar-refractivity contribution in [2.24, 2.45) is 0 Å². The second-order valence-corrected chi connectivity index (χ2v) is 4.98. The maximum absolute atomic E-state index is 12.7. The molecule has 0 atom stereocenters. The molecule has 6 heteroatoms. The zero-order valence-electron chi connectivity index (χ0n) is 13.7. The van der Waals surface area contributed by atoms with Gasteiger partial charge in [0.25, 0.3) is 0 Å². The van der Waals surface area contributed by atoms with Crippen molar-refractivity contribution in [1.29, 1.82) is 0 Å². The Kier molecular flexibility index (Phi) is 6.33. The summed E-state index contributed by atoms with van der Waals surface area (Å²) in [6.45, 7) is 0.802. The topological polar surface area (TPSA) is 76.7 Å². The van der Waals surface area contributed by atoms with Crippen molar-refractivity contribution in [3.8, 4) is 5.75 Å². The number of hydrogen-bond acceptors (Lipinski definition) is 4. The fourth-order valence-electron chi connectivity index (χ4n) is 2.12. The van der Waals surface area contributed by atoms with E-state index in [1.165, 1.54) is 0 Å². The van der Waals surface area contributed by atoms with Gasteiger partial charge in [-0.05, 0) is 36.4 Å². The average molecular weight is 328 g/mol. The van der Waals surface area contributed by atoms with Crippen LogP contribution in [0.5, 0.6) is 5.75 Å². The van der Waals surface area contributed by atoms with E-state index in [2.05, 4.69) is 10.6 Å². The minimum Gasteiger partial charge on any atom is -0.497 e. The SMILES string of the molecule is COCCNC(=O)Nc1ccccc1C(=O)c1ccc(OC)cc1. The minimum absolute atomic E-state index is 0.176. The van der Waals surface area contributed by atoms with Crippen molar-refractivity contribution >= 4 is 17.5 Å².